The van der Waals surface area contributed by atoms with E-state index >= 15 is 0 Å². The smallest absolute Gasteiger partial charge is 0.255 e. The van der Waals surface area contributed by atoms with Crippen molar-refractivity contribution in [2.75, 3.05) is 12.3 Å². The van der Waals surface area contributed by atoms with Gasteiger partial charge in [0.15, 0.2) is 21.5 Å². The van der Waals surface area contributed by atoms with Gasteiger partial charge in [-0.2, -0.15) is 0 Å². The van der Waals surface area contributed by atoms with E-state index in [2.05, 4.69) is 0 Å². The zero-order chi connectivity index (χ0) is 27.7. The molecule has 0 aromatic heterocycles. The first-order chi connectivity index (χ1) is 19.4. The van der Waals surface area contributed by atoms with Crippen molar-refractivity contribution in [2.45, 2.75) is 29.5 Å². The lowest BCUT2D eigenvalue weighted by atomic mass is 9.81. The molecule has 4 aromatic carbocycles. The summed E-state index contributed by atoms with van der Waals surface area (Å²) >= 11 is 0. The van der Waals surface area contributed by atoms with E-state index in [1.54, 1.807) is 53.4 Å². The fourth-order valence-electron chi connectivity index (χ4n) is 5.48. The quantitative estimate of drug-likeness (QED) is 0.358. The molecule has 0 radical (unpaired) electrons. The highest BCUT2D eigenvalue weighted by molar-refractivity contribution is 7.91. The number of carbonyl (C=O) groups is 1. The van der Waals surface area contributed by atoms with Crippen LogP contribution < -0.4 is 0 Å². The van der Waals surface area contributed by atoms with Gasteiger partial charge in [-0.1, -0.05) is 72.8 Å². The molecular formula is C32H28N2O5S. The van der Waals surface area contributed by atoms with Crippen molar-refractivity contribution in [3.8, 4) is 5.75 Å². The van der Waals surface area contributed by atoms with Crippen LogP contribution in [0.3, 0.4) is 0 Å². The molecule has 0 saturated heterocycles. The number of ether oxygens (including phenoxy) is 1. The second-order valence-electron chi connectivity index (χ2n) is 10.1. The lowest BCUT2D eigenvalue weighted by molar-refractivity contribution is -0.139. The van der Waals surface area contributed by atoms with Crippen LogP contribution in [0, 0.1) is 0 Å². The number of nitrogens with zero attached hydrogens (tertiary/aromatic N) is 2. The average Bonchev–Trinajstić information content (AvgIpc) is 3.33. The summed E-state index contributed by atoms with van der Waals surface area (Å²) in [4.78, 5) is 21.4. The number of benzene rings is 4. The molecule has 2 atom stereocenters. The molecule has 0 spiro atoms. The van der Waals surface area contributed by atoms with Crippen LogP contribution >= 0.6 is 0 Å². The van der Waals surface area contributed by atoms with Crippen LogP contribution in [-0.4, -0.2) is 48.1 Å². The minimum Gasteiger partial charge on any atom is -0.508 e. The van der Waals surface area contributed by atoms with Gasteiger partial charge in [0.2, 0.25) is 5.90 Å². The minimum absolute atomic E-state index is 0.0371. The molecule has 2 aliphatic heterocycles. The highest BCUT2D eigenvalue weighted by Gasteiger charge is 2.56. The number of sulfone groups is 1. The van der Waals surface area contributed by atoms with Crippen LogP contribution in [0.2, 0.25) is 0 Å². The largest absolute Gasteiger partial charge is 0.508 e. The molecule has 2 aliphatic rings. The third-order valence-electron chi connectivity index (χ3n) is 7.46. The van der Waals surface area contributed by atoms with E-state index in [9.17, 15) is 18.3 Å². The summed E-state index contributed by atoms with van der Waals surface area (Å²) in [7, 11) is -3.65. The highest BCUT2D eigenvalue weighted by atomic mass is 32.2. The van der Waals surface area contributed by atoms with E-state index in [-0.39, 0.29) is 41.8 Å². The number of amides is 1. The Morgan fingerprint density at radius 2 is 1.55 bits per heavy atom. The van der Waals surface area contributed by atoms with Crippen LogP contribution in [0.15, 0.2) is 119 Å². The maximum absolute atomic E-state index is 14.6. The molecule has 0 bridgehead atoms. The summed E-state index contributed by atoms with van der Waals surface area (Å²) in [5, 5.41) is 10.3. The fourth-order valence-corrected chi connectivity index (χ4v) is 6.75. The number of phenols is 1. The van der Waals surface area contributed by atoms with Crippen molar-refractivity contribution in [1.29, 1.82) is 0 Å². The highest BCUT2D eigenvalue weighted by Crippen LogP contribution is 2.47. The molecular weight excluding hydrogens is 524 g/mol. The Hall–Kier alpha value is -4.43. The zero-order valence-electron chi connectivity index (χ0n) is 21.7. The molecule has 7 nitrogen and oxygen atoms in total. The van der Waals surface area contributed by atoms with Gasteiger partial charge in [-0.05, 0) is 47.5 Å². The number of aliphatic imine (C=N–C) groups is 1. The second-order valence-corrected chi connectivity index (χ2v) is 12.2. The van der Waals surface area contributed by atoms with Crippen LogP contribution in [-0.2, 0) is 32.3 Å². The molecule has 2 heterocycles. The Morgan fingerprint density at radius 3 is 2.25 bits per heavy atom. The molecule has 0 fully saturated rings. The van der Waals surface area contributed by atoms with E-state index in [0.717, 1.165) is 16.7 Å². The van der Waals surface area contributed by atoms with Crippen molar-refractivity contribution in [3.05, 3.63) is 131 Å². The number of hydrogen-bond donors (Lipinski definition) is 1. The zero-order valence-corrected chi connectivity index (χ0v) is 22.5. The SMILES string of the molecule is O=C1N(CCS(=O)(=O)c2ccccc2)Cc2cc(O)ccc2[C@@H]2OC(c3ccccc3)=N[C@]12Cc1ccccc1. The van der Waals surface area contributed by atoms with Gasteiger partial charge in [0.05, 0.1) is 10.6 Å². The van der Waals surface area contributed by atoms with Gasteiger partial charge < -0.3 is 14.7 Å². The molecule has 40 heavy (non-hydrogen) atoms. The molecule has 1 amide bonds. The molecule has 6 rings (SSSR count). The molecule has 202 valence electrons. The first-order valence-corrected chi connectivity index (χ1v) is 14.8. The maximum Gasteiger partial charge on any atom is 0.255 e. The number of phenolic OH excluding ortho intramolecular Hbond substituents is 1. The predicted octanol–water partition coefficient (Wildman–Crippen LogP) is 4.71. The lowest BCUT2D eigenvalue weighted by Crippen LogP contribution is -2.50. The Morgan fingerprint density at radius 1 is 0.900 bits per heavy atom. The Balaban J connectivity index is 1.46. The standard InChI is InChI=1S/C32H28N2O5S/c35-26-16-17-28-25(20-26)22-34(18-19-40(37,38)27-14-8-3-9-15-27)31(36)32(21-23-10-4-1-5-11-23)29(28)39-30(33-32)24-12-6-2-7-13-24/h1-17,20,29,35H,18-19,21-22H2/t29-,32-/m0/s1. The van der Waals surface area contributed by atoms with Gasteiger partial charge in [0.25, 0.3) is 5.91 Å². The van der Waals surface area contributed by atoms with E-state index in [0.29, 0.717) is 11.5 Å². The van der Waals surface area contributed by atoms with Gasteiger partial charge >= 0.3 is 0 Å². The van der Waals surface area contributed by atoms with Crippen molar-refractivity contribution in [3.63, 3.8) is 0 Å². The summed E-state index contributed by atoms with van der Waals surface area (Å²) in [6.45, 7) is 0.0874. The Labute approximate surface area is 233 Å². The van der Waals surface area contributed by atoms with Crippen molar-refractivity contribution >= 4 is 21.6 Å². The summed E-state index contributed by atoms with van der Waals surface area (Å²) in [6, 6.07) is 32.3. The number of aromatic hydroxyl groups is 1. The van der Waals surface area contributed by atoms with E-state index < -0.39 is 21.5 Å². The number of hydrogen-bond acceptors (Lipinski definition) is 6. The summed E-state index contributed by atoms with van der Waals surface area (Å²) < 4.78 is 32.9. The monoisotopic (exact) mass is 552 g/mol. The lowest BCUT2D eigenvalue weighted by Gasteiger charge is -2.32. The Kier molecular flexibility index (Phi) is 6.64. The topological polar surface area (TPSA) is 96.3 Å². The van der Waals surface area contributed by atoms with E-state index in [1.807, 2.05) is 60.7 Å². The number of fused-ring (bicyclic) bond motifs is 3. The van der Waals surface area contributed by atoms with E-state index in [1.165, 1.54) is 0 Å². The first kappa shape index (κ1) is 25.8. The summed E-state index contributed by atoms with van der Waals surface area (Å²) in [6.07, 6.45) is -0.502. The molecule has 1 N–H and O–H groups in total. The molecule has 4 aromatic rings. The van der Waals surface area contributed by atoms with Crippen molar-refractivity contribution in [2.24, 2.45) is 4.99 Å². The third kappa shape index (κ3) is 4.75. The number of carbonyl (C=O) groups excluding carboxylic acids is 1. The number of rotatable bonds is 7. The van der Waals surface area contributed by atoms with Crippen molar-refractivity contribution in [1.82, 2.24) is 4.90 Å². The van der Waals surface area contributed by atoms with E-state index in [4.69, 9.17) is 9.73 Å². The molecule has 0 aliphatic carbocycles. The summed E-state index contributed by atoms with van der Waals surface area (Å²) in [5.74, 6) is -0.154. The fraction of sp³-hybridized carbons (Fsp3) is 0.188. The van der Waals surface area contributed by atoms with Crippen LogP contribution in [0.4, 0.5) is 0 Å². The van der Waals surface area contributed by atoms with Gasteiger partial charge in [-0.15, -0.1) is 0 Å². The van der Waals surface area contributed by atoms with Crippen LogP contribution in [0.1, 0.15) is 28.4 Å². The van der Waals surface area contributed by atoms with Gasteiger partial charge in [-0.3, -0.25) is 4.79 Å². The van der Waals surface area contributed by atoms with Gasteiger partial charge in [0.1, 0.15) is 5.75 Å². The molecule has 0 unspecified atom stereocenters. The van der Waals surface area contributed by atoms with Crippen LogP contribution in [0.5, 0.6) is 5.75 Å². The second kappa shape index (κ2) is 10.3. The minimum atomic E-state index is -3.65. The maximum atomic E-state index is 14.6. The average molecular weight is 553 g/mol. The molecule has 0 saturated carbocycles. The summed E-state index contributed by atoms with van der Waals surface area (Å²) in [5.41, 5.74) is 1.71. The normalized spacial score (nSPS) is 20.2. The predicted molar refractivity (Wildman–Crippen MR) is 152 cm³/mol. The molecule has 8 heteroatoms. The van der Waals surface area contributed by atoms with Gasteiger partial charge in [-0.25, -0.2) is 13.4 Å². The Bertz CT molecular complexity index is 1670. The first-order valence-electron chi connectivity index (χ1n) is 13.1. The third-order valence-corrected chi connectivity index (χ3v) is 9.17. The van der Waals surface area contributed by atoms with Crippen LogP contribution in [0.25, 0.3) is 0 Å². The van der Waals surface area contributed by atoms with Gasteiger partial charge in [0, 0.05) is 30.6 Å². The van der Waals surface area contributed by atoms with Crippen molar-refractivity contribution < 1.29 is 23.1 Å².